The summed E-state index contributed by atoms with van der Waals surface area (Å²) in [5.74, 6) is 0.418. The first-order valence-corrected chi connectivity index (χ1v) is 9.42. The first kappa shape index (κ1) is 17.6. The third-order valence-corrected chi connectivity index (χ3v) is 5.13. The summed E-state index contributed by atoms with van der Waals surface area (Å²) < 4.78 is 5.44. The minimum Gasteiger partial charge on any atom is -0.496 e. The number of nitrogens with one attached hydrogen (secondary N) is 1. The fraction of sp³-hybridized carbons (Fsp3) is 0.261. The standard InChI is InChI=1S/C23H24N2O2/c1-27-22-15-19-7-3-2-6-18(19)14-21(22)23(26)24-20-10-8-17(9-11-20)16-25-12-4-5-13-25/h2-3,6-11,14-15H,4-5,12-13,16H2,1H3,(H,24,26). The van der Waals surface area contributed by atoms with Crippen molar-refractivity contribution in [2.45, 2.75) is 19.4 Å². The molecule has 4 nitrogen and oxygen atoms in total. The Morgan fingerprint density at radius 1 is 1.00 bits per heavy atom. The molecule has 1 aliphatic rings. The van der Waals surface area contributed by atoms with Crippen LogP contribution in [-0.2, 0) is 6.54 Å². The van der Waals surface area contributed by atoms with Crippen LogP contribution in [0.1, 0.15) is 28.8 Å². The molecule has 0 radical (unpaired) electrons. The van der Waals surface area contributed by atoms with E-state index in [2.05, 4.69) is 22.3 Å². The number of hydrogen-bond acceptors (Lipinski definition) is 3. The molecular weight excluding hydrogens is 336 g/mol. The zero-order valence-corrected chi connectivity index (χ0v) is 15.6. The smallest absolute Gasteiger partial charge is 0.259 e. The molecule has 1 aliphatic heterocycles. The number of hydrogen-bond donors (Lipinski definition) is 1. The second-order valence-corrected chi connectivity index (χ2v) is 7.03. The number of nitrogens with zero attached hydrogens (tertiary/aromatic N) is 1. The van der Waals surface area contributed by atoms with Crippen molar-refractivity contribution in [3.63, 3.8) is 0 Å². The predicted molar refractivity (Wildman–Crippen MR) is 109 cm³/mol. The topological polar surface area (TPSA) is 41.6 Å². The SMILES string of the molecule is COc1cc2ccccc2cc1C(=O)Nc1ccc(CN2CCCC2)cc1. The van der Waals surface area contributed by atoms with Gasteiger partial charge >= 0.3 is 0 Å². The van der Waals surface area contributed by atoms with E-state index in [-0.39, 0.29) is 5.91 Å². The number of benzene rings is 3. The van der Waals surface area contributed by atoms with E-state index in [4.69, 9.17) is 4.74 Å². The van der Waals surface area contributed by atoms with E-state index in [1.165, 1.54) is 31.5 Å². The summed E-state index contributed by atoms with van der Waals surface area (Å²) in [5, 5.41) is 5.06. The van der Waals surface area contributed by atoms with Gasteiger partial charge in [0.1, 0.15) is 5.75 Å². The maximum atomic E-state index is 12.8. The second-order valence-electron chi connectivity index (χ2n) is 7.03. The van der Waals surface area contributed by atoms with Gasteiger partial charge in [-0.2, -0.15) is 0 Å². The highest BCUT2D eigenvalue weighted by atomic mass is 16.5. The van der Waals surface area contributed by atoms with Crippen LogP contribution in [0.2, 0.25) is 0 Å². The van der Waals surface area contributed by atoms with E-state index in [1.54, 1.807) is 7.11 Å². The van der Waals surface area contributed by atoms with Crippen LogP contribution in [0.15, 0.2) is 60.7 Å². The highest BCUT2D eigenvalue weighted by Crippen LogP contribution is 2.27. The molecule has 0 spiro atoms. The first-order chi connectivity index (χ1) is 13.2. The van der Waals surface area contributed by atoms with Crippen LogP contribution in [0.5, 0.6) is 5.75 Å². The van der Waals surface area contributed by atoms with Crippen LogP contribution in [0.4, 0.5) is 5.69 Å². The van der Waals surface area contributed by atoms with Crippen LogP contribution >= 0.6 is 0 Å². The monoisotopic (exact) mass is 360 g/mol. The molecule has 3 aromatic rings. The van der Waals surface area contributed by atoms with E-state index in [1.807, 2.05) is 48.5 Å². The summed E-state index contributed by atoms with van der Waals surface area (Å²) >= 11 is 0. The summed E-state index contributed by atoms with van der Waals surface area (Å²) in [5.41, 5.74) is 2.61. The molecule has 1 heterocycles. The van der Waals surface area contributed by atoms with Crippen LogP contribution in [0, 0.1) is 0 Å². The lowest BCUT2D eigenvalue weighted by atomic mass is 10.1. The molecule has 0 unspecified atom stereocenters. The van der Waals surface area contributed by atoms with Gasteiger partial charge in [0.15, 0.2) is 0 Å². The number of carbonyl (C=O) groups excluding carboxylic acids is 1. The third-order valence-electron chi connectivity index (χ3n) is 5.13. The highest BCUT2D eigenvalue weighted by molar-refractivity contribution is 6.08. The van der Waals surface area contributed by atoms with Gasteiger partial charge in [-0.25, -0.2) is 0 Å². The minimum absolute atomic E-state index is 0.162. The van der Waals surface area contributed by atoms with Crippen molar-refractivity contribution in [1.82, 2.24) is 4.90 Å². The zero-order chi connectivity index (χ0) is 18.6. The summed E-state index contributed by atoms with van der Waals surface area (Å²) in [4.78, 5) is 15.3. The molecule has 0 aromatic heterocycles. The van der Waals surface area contributed by atoms with E-state index in [0.29, 0.717) is 11.3 Å². The van der Waals surface area contributed by atoms with Gasteiger partial charge in [0, 0.05) is 12.2 Å². The highest BCUT2D eigenvalue weighted by Gasteiger charge is 2.15. The van der Waals surface area contributed by atoms with Gasteiger partial charge in [-0.05, 0) is 66.5 Å². The lowest BCUT2D eigenvalue weighted by Gasteiger charge is -2.15. The average molecular weight is 360 g/mol. The average Bonchev–Trinajstić information content (AvgIpc) is 3.21. The quantitative estimate of drug-likeness (QED) is 0.717. The molecule has 1 fully saturated rings. The Kier molecular flexibility index (Phi) is 5.07. The van der Waals surface area contributed by atoms with Gasteiger partial charge in [0.2, 0.25) is 0 Å². The van der Waals surface area contributed by atoms with Gasteiger partial charge in [-0.15, -0.1) is 0 Å². The molecule has 4 heteroatoms. The molecular formula is C23H24N2O2. The van der Waals surface area contributed by atoms with Crippen molar-refractivity contribution in [3.05, 3.63) is 71.8 Å². The molecule has 0 bridgehead atoms. The predicted octanol–water partition coefficient (Wildman–Crippen LogP) is 4.70. The molecule has 0 aliphatic carbocycles. The van der Waals surface area contributed by atoms with E-state index in [0.717, 1.165) is 23.0 Å². The van der Waals surface area contributed by atoms with E-state index in [9.17, 15) is 4.79 Å². The van der Waals surface area contributed by atoms with Crippen molar-refractivity contribution in [2.75, 3.05) is 25.5 Å². The molecule has 4 rings (SSSR count). The van der Waals surface area contributed by atoms with E-state index < -0.39 is 0 Å². The second kappa shape index (κ2) is 7.80. The third kappa shape index (κ3) is 3.96. The Bertz CT molecular complexity index is 944. The van der Waals surface area contributed by atoms with Crippen LogP contribution in [-0.4, -0.2) is 31.0 Å². The Morgan fingerprint density at radius 3 is 2.33 bits per heavy atom. The number of amides is 1. The largest absolute Gasteiger partial charge is 0.496 e. The molecule has 1 N–H and O–H groups in total. The van der Waals surface area contributed by atoms with Crippen LogP contribution in [0.25, 0.3) is 10.8 Å². The first-order valence-electron chi connectivity index (χ1n) is 9.42. The number of methoxy groups -OCH3 is 1. The number of carbonyl (C=O) groups is 1. The minimum atomic E-state index is -0.162. The summed E-state index contributed by atoms with van der Waals surface area (Å²) in [7, 11) is 1.59. The fourth-order valence-electron chi connectivity index (χ4n) is 3.66. The Morgan fingerprint density at radius 2 is 1.67 bits per heavy atom. The molecule has 1 saturated heterocycles. The van der Waals surface area contributed by atoms with Crippen molar-refractivity contribution in [1.29, 1.82) is 0 Å². The molecule has 27 heavy (non-hydrogen) atoms. The Hall–Kier alpha value is -2.85. The molecule has 0 saturated carbocycles. The lowest BCUT2D eigenvalue weighted by Crippen LogP contribution is -2.18. The van der Waals surface area contributed by atoms with Gasteiger partial charge in [0.05, 0.1) is 12.7 Å². The molecule has 138 valence electrons. The van der Waals surface area contributed by atoms with Crippen molar-refractivity contribution in [2.24, 2.45) is 0 Å². The number of rotatable bonds is 5. The van der Waals surface area contributed by atoms with Crippen LogP contribution in [0.3, 0.4) is 0 Å². The summed E-state index contributed by atoms with van der Waals surface area (Å²) in [6, 6.07) is 19.9. The van der Waals surface area contributed by atoms with Crippen LogP contribution < -0.4 is 10.1 Å². The number of fused-ring (bicyclic) bond motifs is 1. The number of likely N-dealkylation sites (tertiary alicyclic amines) is 1. The summed E-state index contributed by atoms with van der Waals surface area (Å²) in [6.45, 7) is 3.34. The van der Waals surface area contributed by atoms with Gasteiger partial charge < -0.3 is 10.1 Å². The zero-order valence-electron chi connectivity index (χ0n) is 15.6. The lowest BCUT2D eigenvalue weighted by molar-refractivity contribution is 0.102. The van der Waals surface area contributed by atoms with Crippen molar-refractivity contribution < 1.29 is 9.53 Å². The van der Waals surface area contributed by atoms with E-state index >= 15 is 0 Å². The van der Waals surface area contributed by atoms with Gasteiger partial charge in [-0.3, -0.25) is 9.69 Å². The van der Waals surface area contributed by atoms with Gasteiger partial charge in [0.25, 0.3) is 5.91 Å². The number of anilines is 1. The number of ether oxygens (including phenoxy) is 1. The molecule has 3 aromatic carbocycles. The molecule has 1 amide bonds. The van der Waals surface area contributed by atoms with Gasteiger partial charge in [-0.1, -0.05) is 36.4 Å². The summed E-state index contributed by atoms with van der Waals surface area (Å²) in [6.07, 6.45) is 2.59. The fourth-order valence-corrected chi connectivity index (χ4v) is 3.66. The van der Waals surface area contributed by atoms with Crippen molar-refractivity contribution >= 4 is 22.4 Å². The maximum absolute atomic E-state index is 12.8. The normalized spacial score (nSPS) is 14.4. The Balaban J connectivity index is 1.50. The Labute approximate surface area is 159 Å². The van der Waals surface area contributed by atoms with Crippen molar-refractivity contribution in [3.8, 4) is 5.75 Å². The maximum Gasteiger partial charge on any atom is 0.259 e. The molecule has 0 atom stereocenters.